The summed E-state index contributed by atoms with van der Waals surface area (Å²) in [7, 11) is 1.54. The third-order valence-corrected chi connectivity index (χ3v) is 5.83. The van der Waals surface area contributed by atoms with Crippen molar-refractivity contribution in [2.24, 2.45) is 11.8 Å². The van der Waals surface area contributed by atoms with Crippen LogP contribution >= 0.6 is 11.6 Å². The minimum absolute atomic E-state index is 0.0977. The molecule has 2 aromatic rings. The Balaban J connectivity index is 1.46. The highest BCUT2D eigenvalue weighted by atomic mass is 35.5. The van der Waals surface area contributed by atoms with Crippen LogP contribution in [0, 0.1) is 11.8 Å². The van der Waals surface area contributed by atoms with Crippen molar-refractivity contribution in [3.8, 4) is 5.75 Å². The predicted molar refractivity (Wildman–Crippen MR) is 102 cm³/mol. The number of nitrogens with zero attached hydrogens (tertiary/aromatic N) is 2. The van der Waals surface area contributed by atoms with Gasteiger partial charge in [-0.2, -0.15) is 0 Å². The minimum Gasteiger partial charge on any atom is -0.495 e. The van der Waals surface area contributed by atoms with Crippen molar-refractivity contribution in [3.63, 3.8) is 0 Å². The average molecular weight is 385 g/mol. The van der Waals surface area contributed by atoms with Gasteiger partial charge in [0.1, 0.15) is 5.75 Å². The quantitative estimate of drug-likeness (QED) is 0.744. The first-order valence-electron chi connectivity index (χ1n) is 9.01. The van der Waals surface area contributed by atoms with Crippen LogP contribution in [-0.4, -0.2) is 41.8 Å². The SMILES string of the molecule is COc1cccc(CN2C(=O)[C@H]3CN(Cc4ccccc4)C[C@H]3C2=O)c1Cl. The van der Waals surface area contributed by atoms with Crippen LogP contribution in [0.4, 0.5) is 0 Å². The lowest BCUT2D eigenvalue weighted by Crippen LogP contribution is -2.35. The number of amides is 2. The molecule has 2 aromatic carbocycles. The molecule has 2 saturated heterocycles. The van der Waals surface area contributed by atoms with Crippen molar-refractivity contribution >= 4 is 23.4 Å². The zero-order chi connectivity index (χ0) is 19.0. The molecule has 2 aliphatic rings. The standard InChI is InChI=1S/C21H21ClN2O3/c1-27-18-9-5-8-15(19(18)22)11-24-20(25)16-12-23(13-17(16)21(24)26)10-14-6-3-2-4-7-14/h2-9,16-17H,10-13H2,1H3/t16-,17+. The fraction of sp³-hybridized carbons (Fsp3) is 0.333. The van der Waals surface area contributed by atoms with Crippen LogP contribution < -0.4 is 4.74 Å². The van der Waals surface area contributed by atoms with E-state index in [2.05, 4.69) is 17.0 Å². The van der Waals surface area contributed by atoms with Gasteiger partial charge in [-0.3, -0.25) is 19.4 Å². The highest BCUT2D eigenvalue weighted by Gasteiger charge is 2.52. The Morgan fingerprint density at radius 3 is 2.26 bits per heavy atom. The van der Waals surface area contributed by atoms with E-state index in [0.29, 0.717) is 23.9 Å². The van der Waals surface area contributed by atoms with Crippen LogP contribution in [0.1, 0.15) is 11.1 Å². The maximum absolute atomic E-state index is 12.9. The van der Waals surface area contributed by atoms with Crippen molar-refractivity contribution in [2.45, 2.75) is 13.1 Å². The number of halogens is 1. The molecule has 0 unspecified atom stereocenters. The van der Waals surface area contributed by atoms with Crippen molar-refractivity contribution < 1.29 is 14.3 Å². The number of rotatable bonds is 5. The van der Waals surface area contributed by atoms with E-state index < -0.39 is 0 Å². The number of imide groups is 1. The molecule has 0 radical (unpaired) electrons. The number of carbonyl (C=O) groups excluding carboxylic acids is 2. The Morgan fingerprint density at radius 2 is 1.63 bits per heavy atom. The van der Waals surface area contributed by atoms with Gasteiger partial charge in [-0.1, -0.05) is 54.1 Å². The first kappa shape index (κ1) is 18.0. The van der Waals surface area contributed by atoms with Gasteiger partial charge in [0, 0.05) is 19.6 Å². The smallest absolute Gasteiger partial charge is 0.234 e. The monoisotopic (exact) mass is 384 g/mol. The van der Waals surface area contributed by atoms with Gasteiger partial charge in [0.15, 0.2) is 0 Å². The lowest BCUT2D eigenvalue weighted by atomic mass is 10.00. The molecule has 2 aliphatic heterocycles. The molecule has 2 atom stereocenters. The summed E-state index contributed by atoms with van der Waals surface area (Å²) in [4.78, 5) is 29.3. The maximum Gasteiger partial charge on any atom is 0.234 e. The van der Waals surface area contributed by atoms with Crippen molar-refractivity contribution in [1.82, 2.24) is 9.80 Å². The summed E-state index contributed by atoms with van der Waals surface area (Å²) < 4.78 is 5.22. The van der Waals surface area contributed by atoms with Gasteiger partial charge in [-0.05, 0) is 17.2 Å². The van der Waals surface area contributed by atoms with E-state index in [-0.39, 0.29) is 30.2 Å². The van der Waals surface area contributed by atoms with Gasteiger partial charge < -0.3 is 4.74 Å². The lowest BCUT2D eigenvalue weighted by Gasteiger charge is -2.21. The molecule has 0 N–H and O–H groups in total. The van der Waals surface area contributed by atoms with Crippen molar-refractivity contribution in [3.05, 3.63) is 64.7 Å². The summed E-state index contributed by atoms with van der Waals surface area (Å²) in [6.07, 6.45) is 0. The molecular weight excluding hydrogens is 364 g/mol. The summed E-state index contributed by atoms with van der Waals surface area (Å²) in [6, 6.07) is 15.5. The largest absolute Gasteiger partial charge is 0.495 e. The molecule has 0 saturated carbocycles. The molecular formula is C21H21ClN2O3. The second-order valence-corrected chi connectivity index (χ2v) is 7.47. The number of carbonyl (C=O) groups is 2. The molecule has 4 rings (SSSR count). The van der Waals surface area contributed by atoms with E-state index in [1.165, 1.54) is 10.5 Å². The normalized spacial score (nSPS) is 22.4. The molecule has 27 heavy (non-hydrogen) atoms. The Hall–Kier alpha value is -2.37. The number of hydrogen-bond acceptors (Lipinski definition) is 4. The van der Waals surface area contributed by atoms with Crippen LogP contribution in [0.5, 0.6) is 5.75 Å². The topological polar surface area (TPSA) is 49.9 Å². The minimum atomic E-state index is -0.259. The van der Waals surface area contributed by atoms with E-state index >= 15 is 0 Å². The van der Waals surface area contributed by atoms with Crippen LogP contribution in [0.15, 0.2) is 48.5 Å². The molecule has 0 aliphatic carbocycles. The fourth-order valence-corrected chi connectivity index (χ4v) is 4.29. The van der Waals surface area contributed by atoms with Crippen LogP contribution in [0.2, 0.25) is 5.02 Å². The number of methoxy groups -OCH3 is 1. The average Bonchev–Trinajstić information content (AvgIpc) is 3.18. The number of hydrogen-bond donors (Lipinski definition) is 0. The molecule has 0 aromatic heterocycles. The number of benzene rings is 2. The Morgan fingerprint density at radius 1 is 0.963 bits per heavy atom. The second-order valence-electron chi connectivity index (χ2n) is 7.09. The number of fused-ring (bicyclic) bond motifs is 1. The molecule has 2 fully saturated rings. The third kappa shape index (κ3) is 3.33. The van der Waals surface area contributed by atoms with Crippen LogP contribution in [0.25, 0.3) is 0 Å². The van der Waals surface area contributed by atoms with E-state index in [9.17, 15) is 9.59 Å². The molecule has 5 nitrogen and oxygen atoms in total. The summed E-state index contributed by atoms with van der Waals surface area (Å²) in [5.74, 6) is -0.169. The van der Waals surface area contributed by atoms with Crippen molar-refractivity contribution in [1.29, 1.82) is 0 Å². The summed E-state index contributed by atoms with van der Waals surface area (Å²) >= 11 is 6.33. The molecule has 140 valence electrons. The summed E-state index contributed by atoms with van der Waals surface area (Å²) in [5, 5.41) is 0.448. The van der Waals surface area contributed by atoms with E-state index in [1.807, 2.05) is 30.3 Å². The number of likely N-dealkylation sites (tertiary alicyclic amines) is 2. The number of ether oxygens (including phenoxy) is 1. The highest BCUT2D eigenvalue weighted by molar-refractivity contribution is 6.32. The first-order valence-corrected chi connectivity index (χ1v) is 9.39. The van der Waals surface area contributed by atoms with Crippen LogP contribution in [-0.2, 0) is 22.7 Å². The van der Waals surface area contributed by atoms with E-state index in [4.69, 9.17) is 16.3 Å². The van der Waals surface area contributed by atoms with Gasteiger partial charge in [0.25, 0.3) is 0 Å². The predicted octanol–water partition coefficient (Wildman–Crippen LogP) is 2.97. The molecule has 0 bridgehead atoms. The Bertz CT molecular complexity index is 847. The summed E-state index contributed by atoms with van der Waals surface area (Å²) in [6.45, 7) is 2.19. The van der Waals surface area contributed by atoms with Gasteiger partial charge in [-0.25, -0.2) is 0 Å². The second kappa shape index (κ2) is 7.33. The first-order chi connectivity index (χ1) is 13.1. The molecule has 6 heteroatoms. The zero-order valence-corrected chi connectivity index (χ0v) is 15.9. The van der Waals surface area contributed by atoms with Gasteiger partial charge in [0.2, 0.25) is 11.8 Å². The maximum atomic E-state index is 12.9. The van der Waals surface area contributed by atoms with Gasteiger partial charge in [-0.15, -0.1) is 0 Å². The summed E-state index contributed by atoms with van der Waals surface area (Å²) in [5.41, 5.74) is 1.91. The van der Waals surface area contributed by atoms with Gasteiger partial charge in [0.05, 0.1) is 30.5 Å². The highest BCUT2D eigenvalue weighted by Crippen LogP contribution is 2.36. The van der Waals surface area contributed by atoms with Crippen LogP contribution in [0.3, 0.4) is 0 Å². The molecule has 2 amide bonds. The lowest BCUT2D eigenvalue weighted by molar-refractivity contribution is -0.141. The molecule has 2 heterocycles. The van der Waals surface area contributed by atoms with Crippen molar-refractivity contribution in [2.75, 3.05) is 20.2 Å². The third-order valence-electron chi connectivity index (χ3n) is 5.40. The van der Waals surface area contributed by atoms with E-state index in [0.717, 1.165) is 12.1 Å². The fourth-order valence-electron chi connectivity index (χ4n) is 4.03. The Labute approximate surface area is 163 Å². The van der Waals surface area contributed by atoms with E-state index in [1.54, 1.807) is 13.2 Å². The Kier molecular flexibility index (Phi) is 4.89. The molecule has 0 spiro atoms. The van der Waals surface area contributed by atoms with Gasteiger partial charge >= 0.3 is 0 Å². The zero-order valence-electron chi connectivity index (χ0n) is 15.1.